The minimum atomic E-state index is 0.155. The van der Waals surface area contributed by atoms with Gasteiger partial charge in [0, 0.05) is 17.7 Å². The van der Waals surface area contributed by atoms with E-state index in [1.54, 1.807) is 0 Å². The molecule has 0 bridgehead atoms. The Hall–Kier alpha value is -1.09. The predicted molar refractivity (Wildman–Crippen MR) is 62.4 cm³/mol. The van der Waals surface area contributed by atoms with E-state index in [0.29, 0.717) is 0 Å². The maximum atomic E-state index is 11.3. The van der Waals surface area contributed by atoms with Gasteiger partial charge in [-0.05, 0) is 31.9 Å². The smallest absolute Gasteiger partial charge is 0.215 e. The van der Waals surface area contributed by atoms with E-state index in [1.165, 1.54) is 11.3 Å². The number of amides is 1. The van der Waals surface area contributed by atoms with Crippen molar-refractivity contribution in [2.45, 2.75) is 32.4 Å². The molecule has 86 valence electrons. The number of rotatable bonds is 1. The number of nitrogens with zero attached hydrogens (tertiary/aromatic N) is 2. The van der Waals surface area contributed by atoms with Gasteiger partial charge in [0.05, 0.1) is 6.17 Å². The quantitative estimate of drug-likeness (QED) is 0.626. The zero-order chi connectivity index (χ0) is 11.3. The molecule has 2 fully saturated rings. The molecule has 1 amide bonds. The third-order valence-electron chi connectivity index (χ3n) is 4.37. The first kappa shape index (κ1) is 10.1. The number of hydrogen-bond acceptors (Lipinski definition) is 2. The van der Waals surface area contributed by atoms with E-state index in [0.717, 1.165) is 32.2 Å². The van der Waals surface area contributed by atoms with Gasteiger partial charge in [-0.2, -0.15) is 0 Å². The van der Waals surface area contributed by atoms with E-state index < -0.39 is 0 Å². The second-order valence-electron chi connectivity index (χ2n) is 5.32. The molecule has 0 spiro atoms. The van der Waals surface area contributed by atoms with Crippen molar-refractivity contribution in [2.24, 2.45) is 5.41 Å². The molecule has 2 unspecified atom stereocenters. The normalized spacial score (nSPS) is 37.9. The highest BCUT2D eigenvalue weighted by Crippen LogP contribution is 2.54. The Morgan fingerprint density at radius 1 is 1.44 bits per heavy atom. The molecule has 0 radical (unpaired) electrons. The Labute approximate surface area is 96.4 Å². The highest BCUT2D eigenvalue weighted by atomic mass is 16.1. The van der Waals surface area contributed by atoms with Gasteiger partial charge in [0.2, 0.25) is 6.41 Å². The molecule has 16 heavy (non-hydrogen) atoms. The van der Waals surface area contributed by atoms with Gasteiger partial charge in [0.1, 0.15) is 0 Å². The van der Waals surface area contributed by atoms with Crippen molar-refractivity contribution >= 4 is 6.41 Å². The molecule has 1 aliphatic carbocycles. The molecule has 0 aromatic carbocycles. The highest BCUT2D eigenvalue weighted by molar-refractivity contribution is 5.61. The zero-order valence-electron chi connectivity index (χ0n) is 9.94. The summed E-state index contributed by atoms with van der Waals surface area (Å²) < 4.78 is 0. The number of allylic oxidation sites excluding steroid dienone is 3. The van der Waals surface area contributed by atoms with Crippen molar-refractivity contribution in [1.82, 2.24) is 9.80 Å². The maximum Gasteiger partial charge on any atom is 0.215 e. The molecule has 0 aromatic heterocycles. The van der Waals surface area contributed by atoms with E-state index in [-0.39, 0.29) is 11.6 Å². The number of hydrogen-bond donors (Lipinski definition) is 0. The van der Waals surface area contributed by atoms with Gasteiger partial charge < -0.3 is 0 Å². The van der Waals surface area contributed by atoms with Crippen LogP contribution in [0.2, 0.25) is 0 Å². The molecule has 2 atom stereocenters. The molecule has 2 saturated heterocycles. The third-order valence-corrected chi connectivity index (χ3v) is 4.37. The largest absolute Gasteiger partial charge is 0.298 e. The van der Waals surface area contributed by atoms with Crippen LogP contribution < -0.4 is 0 Å². The number of carbonyl (C=O) groups is 1. The summed E-state index contributed by atoms with van der Waals surface area (Å²) in [6.45, 7) is 3.38. The Bertz CT molecular complexity index is 399. The van der Waals surface area contributed by atoms with Crippen molar-refractivity contribution < 1.29 is 4.79 Å². The topological polar surface area (TPSA) is 23.6 Å². The average Bonchev–Trinajstić information content (AvgIpc) is 2.73. The fraction of sp³-hybridized carbons (Fsp3) is 0.615. The van der Waals surface area contributed by atoms with Crippen molar-refractivity contribution in [3.63, 3.8) is 0 Å². The van der Waals surface area contributed by atoms with Gasteiger partial charge in [-0.3, -0.25) is 14.6 Å². The van der Waals surface area contributed by atoms with Crippen LogP contribution in [0.25, 0.3) is 0 Å². The summed E-state index contributed by atoms with van der Waals surface area (Å²) in [5.74, 6) is 0. The summed E-state index contributed by atoms with van der Waals surface area (Å²) in [7, 11) is 2.12. The van der Waals surface area contributed by atoms with Crippen molar-refractivity contribution in [1.29, 1.82) is 0 Å². The average molecular weight is 218 g/mol. The minimum Gasteiger partial charge on any atom is -0.298 e. The molecule has 2 heterocycles. The molecule has 3 rings (SSSR count). The van der Waals surface area contributed by atoms with Crippen LogP contribution in [0.5, 0.6) is 0 Å². The summed E-state index contributed by atoms with van der Waals surface area (Å²) in [5.41, 5.74) is 2.72. The Morgan fingerprint density at radius 2 is 2.19 bits per heavy atom. The van der Waals surface area contributed by atoms with Crippen LogP contribution in [0.3, 0.4) is 0 Å². The van der Waals surface area contributed by atoms with Gasteiger partial charge >= 0.3 is 0 Å². The second-order valence-corrected chi connectivity index (χ2v) is 5.32. The van der Waals surface area contributed by atoms with Gasteiger partial charge in [-0.1, -0.05) is 19.1 Å². The highest BCUT2D eigenvalue weighted by Gasteiger charge is 2.55. The van der Waals surface area contributed by atoms with E-state index in [4.69, 9.17) is 0 Å². The first-order chi connectivity index (χ1) is 7.68. The summed E-state index contributed by atoms with van der Waals surface area (Å²) in [6.07, 6.45) is 9.14. The molecule has 3 heteroatoms. The summed E-state index contributed by atoms with van der Waals surface area (Å²) >= 11 is 0. The SMILES string of the molecule is CN1CCC2(C)C3=CCCC=C3N(C=O)C12. The van der Waals surface area contributed by atoms with Crippen molar-refractivity contribution in [3.05, 3.63) is 23.4 Å². The lowest BCUT2D eigenvalue weighted by Crippen LogP contribution is -2.42. The minimum absolute atomic E-state index is 0.155. The monoisotopic (exact) mass is 218 g/mol. The van der Waals surface area contributed by atoms with Crippen LogP contribution in [0.4, 0.5) is 0 Å². The van der Waals surface area contributed by atoms with Crippen LogP contribution in [0.15, 0.2) is 23.4 Å². The fourth-order valence-corrected chi connectivity index (χ4v) is 3.62. The number of fused-ring (bicyclic) bond motifs is 3. The van der Waals surface area contributed by atoms with E-state index in [9.17, 15) is 4.79 Å². The van der Waals surface area contributed by atoms with Crippen LogP contribution in [0, 0.1) is 5.41 Å². The Kier molecular flexibility index (Phi) is 2.02. The van der Waals surface area contributed by atoms with Crippen LogP contribution in [-0.2, 0) is 4.79 Å². The van der Waals surface area contributed by atoms with Gasteiger partial charge in [0.15, 0.2) is 0 Å². The van der Waals surface area contributed by atoms with E-state index in [1.807, 2.05) is 4.90 Å². The predicted octanol–water partition coefficient (Wildman–Crippen LogP) is 1.73. The second kappa shape index (κ2) is 3.20. The van der Waals surface area contributed by atoms with Gasteiger partial charge in [0.25, 0.3) is 0 Å². The summed E-state index contributed by atoms with van der Waals surface area (Å²) in [4.78, 5) is 15.6. The first-order valence-corrected chi connectivity index (χ1v) is 6.03. The summed E-state index contributed by atoms with van der Waals surface area (Å²) in [5, 5.41) is 0. The van der Waals surface area contributed by atoms with Crippen molar-refractivity contribution in [2.75, 3.05) is 13.6 Å². The molecule has 0 N–H and O–H groups in total. The fourth-order valence-electron chi connectivity index (χ4n) is 3.62. The standard InChI is InChI=1S/C13H18N2O/c1-13-7-8-14(2)12(13)15(9-16)11-6-4-3-5-10(11)13/h5-6,9,12H,3-4,7-8H2,1-2H3. The third kappa shape index (κ3) is 1.04. The lowest BCUT2D eigenvalue weighted by molar-refractivity contribution is -0.120. The molecule has 0 aromatic rings. The molecular formula is C13H18N2O. The summed E-state index contributed by atoms with van der Waals surface area (Å²) in [6, 6.07) is 0. The van der Waals surface area contributed by atoms with Crippen LogP contribution in [0.1, 0.15) is 26.2 Å². The Morgan fingerprint density at radius 3 is 2.94 bits per heavy atom. The van der Waals surface area contributed by atoms with Gasteiger partial charge in [-0.25, -0.2) is 0 Å². The molecule has 2 aliphatic heterocycles. The molecule has 3 aliphatic rings. The number of carbonyl (C=O) groups excluding carboxylic acids is 1. The van der Waals surface area contributed by atoms with E-state index in [2.05, 4.69) is 31.0 Å². The molecular weight excluding hydrogens is 200 g/mol. The van der Waals surface area contributed by atoms with Gasteiger partial charge in [-0.15, -0.1) is 0 Å². The van der Waals surface area contributed by atoms with Crippen LogP contribution >= 0.6 is 0 Å². The maximum absolute atomic E-state index is 11.3. The van der Waals surface area contributed by atoms with E-state index >= 15 is 0 Å². The van der Waals surface area contributed by atoms with Crippen LogP contribution in [-0.4, -0.2) is 36.0 Å². The zero-order valence-corrected chi connectivity index (χ0v) is 9.94. The van der Waals surface area contributed by atoms with Crippen molar-refractivity contribution in [3.8, 4) is 0 Å². The molecule has 3 nitrogen and oxygen atoms in total. The first-order valence-electron chi connectivity index (χ1n) is 6.03. The lowest BCUT2D eigenvalue weighted by atomic mass is 9.79. The lowest BCUT2D eigenvalue weighted by Gasteiger charge is -2.30. The Balaban J connectivity index is 2.13. The number of likely N-dealkylation sites (tertiary alicyclic amines) is 2. The molecule has 0 saturated carbocycles.